The highest BCUT2D eigenvalue weighted by molar-refractivity contribution is 7.09. The van der Waals surface area contributed by atoms with Crippen molar-refractivity contribution in [2.45, 2.75) is 44.8 Å². The minimum Gasteiger partial charge on any atom is -0.377 e. The second-order valence-electron chi connectivity index (χ2n) is 11.0. The number of carbonyl (C=O) groups is 3. The molecule has 8 nitrogen and oxygen atoms in total. The zero-order chi connectivity index (χ0) is 29.4. The summed E-state index contributed by atoms with van der Waals surface area (Å²) in [5, 5.41) is 6.02. The maximum atomic E-state index is 13.6. The summed E-state index contributed by atoms with van der Waals surface area (Å²) in [6, 6.07) is 21.4. The first kappa shape index (κ1) is 27.8. The van der Waals surface area contributed by atoms with Crippen LogP contribution in [0.3, 0.4) is 0 Å². The lowest BCUT2D eigenvalue weighted by atomic mass is 9.79. The molecule has 0 saturated heterocycles. The summed E-state index contributed by atoms with van der Waals surface area (Å²) in [5.74, 6) is -0.601. The number of methoxy groups -OCH3 is 1. The highest BCUT2D eigenvalue weighted by Gasteiger charge is 2.50. The van der Waals surface area contributed by atoms with Crippen LogP contribution in [0.4, 0.5) is 11.4 Å². The van der Waals surface area contributed by atoms with Crippen LogP contribution in [0.1, 0.15) is 56.2 Å². The Kier molecular flexibility index (Phi) is 7.38. The Bertz CT molecular complexity index is 1700. The van der Waals surface area contributed by atoms with Crippen LogP contribution in [-0.2, 0) is 39.1 Å². The summed E-state index contributed by atoms with van der Waals surface area (Å²) in [6.45, 7) is 3.88. The molecule has 2 unspecified atom stereocenters. The number of anilines is 2. The van der Waals surface area contributed by atoms with Gasteiger partial charge in [0, 0.05) is 29.9 Å². The topological polar surface area (TPSA) is 101 Å². The number of aryl methyl sites for hydroxylation is 1. The van der Waals surface area contributed by atoms with Gasteiger partial charge >= 0.3 is 0 Å². The molecular formula is C33H32N4O4S. The molecule has 2 N–H and O–H groups in total. The lowest BCUT2D eigenvalue weighted by Crippen LogP contribution is -2.38. The van der Waals surface area contributed by atoms with E-state index in [2.05, 4.69) is 15.6 Å². The van der Waals surface area contributed by atoms with E-state index in [4.69, 9.17) is 4.74 Å². The number of nitrogens with zero attached hydrogens (tertiary/aromatic N) is 2. The monoisotopic (exact) mass is 580 g/mol. The SMILES string of the molecule is COC(C)c1ccccc1CN(CC(=O)Nc1ccc2c(c1)CC1(C2)C(=O)Nc2ccccc21)C(=O)c1ncsc1C. The van der Waals surface area contributed by atoms with Crippen LogP contribution in [0.5, 0.6) is 0 Å². The molecular weight excluding hydrogens is 548 g/mol. The summed E-state index contributed by atoms with van der Waals surface area (Å²) < 4.78 is 5.55. The van der Waals surface area contributed by atoms with Crippen LogP contribution in [0.25, 0.3) is 0 Å². The summed E-state index contributed by atoms with van der Waals surface area (Å²) in [5.41, 5.74) is 7.88. The third-order valence-corrected chi connectivity index (χ3v) is 9.13. The molecule has 0 fully saturated rings. The maximum Gasteiger partial charge on any atom is 0.274 e. The Morgan fingerprint density at radius 3 is 2.64 bits per heavy atom. The highest BCUT2D eigenvalue weighted by Crippen LogP contribution is 2.47. The Morgan fingerprint density at radius 2 is 1.86 bits per heavy atom. The molecule has 9 heteroatoms. The molecule has 0 radical (unpaired) electrons. The maximum absolute atomic E-state index is 13.6. The highest BCUT2D eigenvalue weighted by atomic mass is 32.1. The van der Waals surface area contributed by atoms with Gasteiger partial charge in [-0.1, -0.05) is 48.5 Å². The molecule has 2 aliphatic rings. The van der Waals surface area contributed by atoms with Crippen LogP contribution in [0, 0.1) is 6.92 Å². The molecule has 1 aliphatic carbocycles. The van der Waals surface area contributed by atoms with Gasteiger partial charge in [-0.25, -0.2) is 4.98 Å². The Labute approximate surface area is 248 Å². The number of fused-ring (bicyclic) bond motifs is 3. The van der Waals surface area contributed by atoms with Gasteiger partial charge < -0.3 is 20.3 Å². The lowest BCUT2D eigenvalue weighted by Gasteiger charge is -2.24. The van der Waals surface area contributed by atoms with Gasteiger partial charge in [-0.05, 0) is 72.7 Å². The van der Waals surface area contributed by atoms with Gasteiger partial charge in [0.1, 0.15) is 12.2 Å². The van der Waals surface area contributed by atoms with E-state index in [0.29, 0.717) is 24.2 Å². The molecule has 3 amide bonds. The second kappa shape index (κ2) is 11.2. The standard InChI is InChI=1S/C33H32N4O4S/c1-20(41-3)26-9-5-4-8-23(26)17-37(31(39)30-21(2)42-19-34-30)18-29(38)35-25-13-12-22-15-33(16-24(22)14-25)27-10-6-7-11-28(27)36-32(33)40/h4-14,19-20H,15-18H2,1-3H3,(H,35,38)(H,36,40). The third kappa shape index (κ3) is 4.99. The van der Waals surface area contributed by atoms with Gasteiger partial charge in [0.15, 0.2) is 0 Å². The van der Waals surface area contributed by atoms with Crippen molar-refractivity contribution in [3.05, 3.63) is 111 Å². The second-order valence-corrected chi connectivity index (χ2v) is 12.0. The van der Waals surface area contributed by atoms with Crippen molar-refractivity contribution in [2.75, 3.05) is 24.3 Å². The van der Waals surface area contributed by atoms with Crippen LogP contribution in [0.2, 0.25) is 0 Å². The molecule has 1 aromatic heterocycles. The summed E-state index contributed by atoms with van der Waals surface area (Å²) in [4.78, 5) is 46.7. The van der Waals surface area contributed by atoms with Crippen LogP contribution in [0.15, 0.2) is 72.2 Å². The van der Waals surface area contributed by atoms with E-state index in [9.17, 15) is 14.4 Å². The predicted molar refractivity (Wildman–Crippen MR) is 163 cm³/mol. The van der Waals surface area contributed by atoms with E-state index >= 15 is 0 Å². The first-order valence-corrected chi connectivity index (χ1v) is 14.8. The number of para-hydroxylation sites is 1. The van der Waals surface area contributed by atoms with Gasteiger partial charge in [-0.3, -0.25) is 14.4 Å². The van der Waals surface area contributed by atoms with Crippen LogP contribution >= 0.6 is 11.3 Å². The molecule has 1 spiro atoms. The Morgan fingerprint density at radius 1 is 1.10 bits per heavy atom. The fourth-order valence-corrected chi connectivity index (χ4v) is 6.69. The van der Waals surface area contributed by atoms with Crippen molar-refractivity contribution in [1.82, 2.24) is 9.88 Å². The normalized spacial score (nSPS) is 17.5. The fraction of sp³-hybridized carbons (Fsp3) is 0.273. The molecule has 2 heterocycles. The molecule has 42 heavy (non-hydrogen) atoms. The van der Waals surface area contributed by atoms with E-state index in [0.717, 1.165) is 38.4 Å². The smallest absolute Gasteiger partial charge is 0.274 e. The van der Waals surface area contributed by atoms with Crippen molar-refractivity contribution >= 4 is 40.4 Å². The number of rotatable bonds is 8. The van der Waals surface area contributed by atoms with Gasteiger partial charge in [-0.2, -0.15) is 0 Å². The number of carbonyl (C=O) groups excluding carboxylic acids is 3. The summed E-state index contributed by atoms with van der Waals surface area (Å²) >= 11 is 1.40. The van der Waals surface area contributed by atoms with Gasteiger partial charge in [-0.15, -0.1) is 11.3 Å². The summed E-state index contributed by atoms with van der Waals surface area (Å²) in [6.07, 6.45) is 1.02. The molecule has 6 rings (SSSR count). The third-order valence-electron chi connectivity index (χ3n) is 8.38. The number of hydrogen-bond donors (Lipinski definition) is 2. The van der Waals surface area contributed by atoms with E-state index in [1.54, 1.807) is 12.6 Å². The number of hydrogen-bond acceptors (Lipinski definition) is 6. The van der Waals surface area contributed by atoms with E-state index < -0.39 is 5.41 Å². The summed E-state index contributed by atoms with van der Waals surface area (Å²) in [7, 11) is 1.65. The van der Waals surface area contributed by atoms with Crippen LogP contribution < -0.4 is 10.6 Å². The Hall–Kier alpha value is -4.34. The van der Waals surface area contributed by atoms with E-state index in [1.165, 1.54) is 16.2 Å². The molecule has 0 bridgehead atoms. The van der Waals surface area contributed by atoms with Crippen LogP contribution in [-0.4, -0.2) is 41.3 Å². The first-order valence-electron chi connectivity index (χ1n) is 13.9. The van der Waals surface area contributed by atoms with E-state index in [-0.39, 0.29) is 36.9 Å². The molecule has 0 saturated carbocycles. The molecule has 4 aromatic rings. The molecule has 1 aliphatic heterocycles. The van der Waals surface area contributed by atoms with E-state index in [1.807, 2.05) is 80.6 Å². The number of nitrogens with one attached hydrogen (secondary N) is 2. The number of thiazole rings is 1. The molecule has 2 atom stereocenters. The molecule has 214 valence electrons. The zero-order valence-electron chi connectivity index (χ0n) is 23.8. The largest absolute Gasteiger partial charge is 0.377 e. The fourth-order valence-electron chi connectivity index (χ4n) is 6.12. The minimum atomic E-state index is -0.622. The minimum absolute atomic E-state index is 0.0139. The van der Waals surface area contributed by atoms with Crippen molar-refractivity contribution in [2.24, 2.45) is 0 Å². The molecule has 3 aromatic carbocycles. The predicted octanol–water partition coefficient (Wildman–Crippen LogP) is 5.43. The van der Waals surface area contributed by atoms with Crippen molar-refractivity contribution in [3.63, 3.8) is 0 Å². The van der Waals surface area contributed by atoms with Crippen molar-refractivity contribution < 1.29 is 19.1 Å². The quantitative estimate of drug-likeness (QED) is 0.290. The number of amides is 3. The van der Waals surface area contributed by atoms with Crippen molar-refractivity contribution in [1.29, 1.82) is 0 Å². The first-order chi connectivity index (χ1) is 20.3. The average molecular weight is 581 g/mol. The average Bonchev–Trinajstić information content (AvgIpc) is 3.67. The number of benzene rings is 3. The van der Waals surface area contributed by atoms with Gasteiger partial charge in [0.25, 0.3) is 5.91 Å². The Balaban J connectivity index is 1.22. The van der Waals surface area contributed by atoms with Crippen molar-refractivity contribution in [3.8, 4) is 0 Å². The number of ether oxygens (including phenoxy) is 1. The number of aromatic nitrogens is 1. The van der Waals surface area contributed by atoms with Gasteiger partial charge in [0.2, 0.25) is 11.8 Å². The van der Waals surface area contributed by atoms with Gasteiger partial charge in [0.05, 0.1) is 17.0 Å². The lowest BCUT2D eigenvalue weighted by molar-refractivity contribution is -0.120. The zero-order valence-corrected chi connectivity index (χ0v) is 24.6.